The summed E-state index contributed by atoms with van der Waals surface area (Å²) < 4.78 is 36.4. The highest BCUT2D eigenvalue weighted by molar-refractivity contribution is 5.90. The molecule has 0 spiro atoms. The smallest absolute Gasteiger partial charge is 0.338 e. The molecule has 2 heterocycles. The molecule has 0 radical (unpaired) electrons. The van der Waals surface area contributed by atoms with Gasteiger partial charge in [-0.1, -0.05) is 6.07 Å². The SMILES string of the molecule is O=C(O[C@@H]1Cc2c(OC3OCC(O)(CO)C3O)cc(O)cc2O[C@@H]1c1ccc(O)c(O)c1)c1cc(O)c(F)c(O)c1. The number of aliphatic hydroxyl groups excluding tert-OH is 2. The minimum atomic E-state index is -1.99. The molecule has 2 aliphatic rings. The van der Waals surface area contributed by atoms with E-state index in [1.165, 1.54) is 24.3 Å². The number of rotatable bonds is 6. The molecule has 0 bridgehead atoms. The molecule has 218 valence electrons. The maximum atomic E-state index is 13.7. The van der Waals surface area contributed by atoms with Crippen molar-refractivity contribution in [1.29, 1.82) is 0 Å². The van der Waals surface area contributed by atoms with E-state index in [1.807, 2.05) is 0 Å². The number of esters is 1. The molecule has 0 aromatic heterocycles. The minimum absolute atomic E-state index is 0.0480. The first kappa shape index (κ1) is 28.0. The van der Waals surface area contributed by atoms with E-state index in [4.69, 9.17) is 18.9 Å². The second-order valence-corrected chi connectivity index (χ2v) is 9.69. The summed E-state index contributed by atoms with van der Waals surface area (Å²) in [5.74, 6) is -5.71. The quantitative estimate of drug-likeness (QED) is 0.152. The van der Waals surface area contributed by atoms with Crippen molar-refractivity contribution in [3.63, 3.8) is 0 Å². The van der Waals surface area contributed by atoms with Gasteiger partial charge in [0.15, 0.2) is 29.1 Å². The van der Waals surface area contributed by atoms with Gasteiger partial charge in [0.25, 0.3) is 0 Å². The molecule has 1 fully saturated rings. The Bertz CT molecular complexity index is 1470. The molecule has 13 nitrogen and oxygen atoms in total. The lowest BCUT2D eigenvalue weighted by Crippen LogP contribution is -2.48. The van der Waals surface area contributed by atoms with E-state index in [0.717, 1.165) is 18.2 Å². The predicted octanol–water partition coefficient (Wildman–Crippen LogP) is 1.07. The van der Waals surface area contributed by atoms with Gasteiger partial charge in [0.1, 0.15) is 35.1 Å². The number of hydrogen-bond acceptors (Lipinski definition) is 13. The summed E-state index contributed by atoms with van der Waals surface area (Å²) in [6, 6.07) is 7.64. The topological polar surface area (TPSA) is 216 Å². The lowest BCUT2D eigenvalue weighted by atomic mass is 9.93. The number of phenolic OH excluding ortho intramolecular Hbond substituents is 5. The van der Waals surface area contributed by atoms with Gasteiger partial charge in [-0.25, -0.2) is 4.79 Å². The zero-order chi connectivity index (χ0) is 29.6. The minimum Gasteiger partial charge on any atom is -0.508 e. The Labute approximate surface area is 230 Å². The van der Waals surface area contributed by atoms with Crippen LogP contribution in [0.1, 0.15) is 27.6 Å². The summed E-state index contributed by atoms with van der Waals surface area (Å²) in [6.45, 7) is -1.26. The van der Waals surface area contributed by atoms with Gasteiger partial charge in [0, 0.05) is 29.7 Å². The summed E-state index contributed by atoms with van der Waals surface area (Å²) in [5.41, 5.74) is -1.93. The number of carbonyl (C=O) groups is 1. The van der Waals surface area contributed by atoms with Gasteiger partial charge in [-0.3, -0.25) is 0 Å². The fourth-order valence-corrected chi connectivity index (χ4v) is 4.58. The first-order chi connectivity index (χ1) is 19.4. The van der Waals surface area contributed by atoms with Crippen molar-refractivity contribution >= 4 is 5.97 Å². The number of aliphatic hydroxyl groups is 3. The van der Waals surface area contributed by atoms with E-state index in [9.17, 15) is 50.0 Å². The van der Waals surface area contributed by atoms with E-state index >= 15 is 0 Å². The molecule has 5 atom stereocenters. The van der Waals surface area contributed by atoms with Crippen LogP contribution in [0.15, 0.2) is 42.5 Å². The number of hydrogen-bond donors (Lipinski definition) is 8. The maximum absolute atomic E-state index is 13.7. The molecule has 5 rings (SSSR count). The van der Waals surface area contributed by atoms with Crippen LogP contribution < -0.4 is 9.47 Å². The number of aromatic hydroxyl groups is 5. The number of halogens is 1. The van der Waals surface area contributed by atoms with Crippen molar-refractivity contribution < 1.29 is 69.0 Å². The second kappa shape index (κ2) is 10.5. The van der Waals surface area contributed by atoms with Crippen molar-refractivity contribution in [2.45, 2.75) is 36.6 Å². The number of benzene rings is 3. The standard InChI is InChI=1S/C27H25FO13/c28-22-17(33)4-12(5-18(22)34)25(36)40-21-8-14-19(39-23(21)11-1-2-15(31)16(32)3-11)6-13(30)7-20(14)41-26-24(35)27(37,9-29)10-38-26/h1-7,21,23-24,26,29-35,37H,8-10H2/t21-,23-,24?,26?,27?/m1/s1. The van der Waals surface area contributed by atoms with Crippen LogP contribution >= 0.6 is 0 Å². The van der Waals surface area contributed by atoms with Gasteiger partial charge < -0.3 is 59.8 Å². The van der Waals surface area contributed by atoms with Crippen LogP contribution in [0.5, 0.6) is 40.2 Å². The van der Waals surface area contributed by atoms with Crippen molar-refractivity contribution in [2.24, 2.45) is 0 Å². The molecular weight excluding hydrogens is 551 g/mol. The lowest BCUT2D eigenvalue weighted by Gasteiger charge is -2.35. The Morgan fingerprint density at radius 2 is 1.71 bits per heavy atom. The van der Waals surface area contributed by atoms with Crippen molar-refractivity contribution in [1.82, 2.24) is 0 Å². The highest BCUT2D eigenvalue weighted by Crippen LogP contribution is 2.45. The molecule has 3 aromatic rings. The second-order valence-electron chi connectivity index (χ2n) is 9.69. The van der Waals surface area contributed by atoms with Crippen LogP contribution in [0.25, 0.3) is 0 Å². The van der Waals surface area contributed by atoms with E-state index in [-0.39, 0.29) is 34.8 Å². The van der Waals surface area contributed by atoms with Crippen molar-refractivity contribution in [3.8, 4) is 40.2 Å². The van der Waals surface area contributed by atoms with E-state index in [0.29, 0.717) is 0 Å². The van der Waals surface area contributed by atoms with Crippen molar-refractivity contribution in [2.75, 3.05) is 13.2 Å². The summed E-state index contributed by atoms with van der Waals surface area (Å²) in [4.78, 5) is 13.0. The zero-order valence-corrected chi connectivity index (χ0v) is 21.0. The summed E-state index contributed by atoms with van der Waals surface area (Å²) in [6.07, 6.45) is -5.67. The monoisotopic (exact) mass is 576 g/mol. The number of ether oxygens (including phenoxy) is 4. The van der Waals surface area contributed by atoms with Gasteiger partial charge >= 0.3 is 5.97 Å². The average Bonchev–Trinajstić information content (AvgIpc) is 3.22. The maximum Gasteiger partial charge on any atom is 0.338 e. The van der Waals surface area contributed by atoms with Crippen LogP contribution in [0.3, 0.4) is 0 Å². The Hall–Kier alpha value is -4.50. The van der Waals surface area contributed by atoms with E-state index < -0.39 is 83.8 Å². The molecule has 14 heteroatoms. The van der Waals surface area contributed by atoms with E-state index in [1.54, 1.807) is 0 Å². The molecule has 2 aliphatic heterocycles. The normalized spacial score (nSPS) is 25.3. The fraction of sp³-hybridized carbons (Fsp3) is 0.296. The van der Waals surface area contributed by atoms with Gasteiger partial charge in [-0.2, -0.15) is 4.39 Å². The fourth-order valence-electron chi connectivity index (χ4n) is 4.58. The largest absolute Gasteiger partial charge is 0.508 e. The van der Waals surface area contributed by atoms with Crippen LogP contribution in [0.2, 0.25) is 0 Å². The van der Waals surface area contributed by atoms with Crippen LogP contribution in [0, 0.1) is 5.82 Å². The Balaban J connectivity index is 1.51. The zero-order valence-electron chi connectivity index (χ0n) is 21.0. The molecule has 41 heavy (non-hydrogen) atoms. The van der Waals surface area contributed by atoms with Gasteiger partial charge in [-0.15, -0.1) is 0 Å². The third-order valence-electron chi connectivity index (χ3n) is 6.83. The van der Waals surface area contributed by atoms with Gasteiger partial charge in [-0.05, 0) is 24.3 Å². The molecule has 0 saturated carbocycles. The van der Waals surface area contributed by atoms with Gasteiger partial charge in [0.05, 0.1) is 18.8 Å². The summed E-state index contributed by atoms with van der Waals surface area (Å²) in [5, 5.41) is 79.7. The first-order valence-electron chi connectivity index (χ1n) is 12.2. The molecule has 8 N–H and O–H groups in total. The molecule has 3 aromatic carbocycles. The third kappa shape index (κ3) is 5.20. The molecule has 0 amide bonds. The Kier molecular flexibility index (Phi) is 7.17. The highest BCUT2D eigenvalue weighted by atomic mass is 19.1. The van der Waals surface area contributed by atoms with E-state index in [2.05, 4.69) is 0 Å². The van der Waals surface area contributed by atoms with Crippen molar-refractivity contribution in [3.05, 3.63) is 65.0 Å². The van der Waals surface area contributed by atoms with Crippen LogP contribution in [0.4, 0.5) is 4.39 Å². The highest BCUT2D eigenvalue weighted by Gasteiger charge is 2.49. The molecule has 0 aliphatic carbocycles. The number of carbonyl (C=O) groups excluding carboxylic acids is 1. The average molecular weight is 576 g/mol. The predicted molar refractivity (Wildman–Crippen MR) is 132 cm³/mol. The molecule has 3 unspecified atom stereocenters. The van der Waals surface area contributed by atoms with Crippen LogP contribution in [-0.4, -0.2) is 84.1 Å². The Morgan fingerprint density at radius 3 is 2.34 bits per heavy atom. The number of fused-ring (bicyclic) bond motifs is 1. The molecule has 1 saturated heterocycles. The third-order valence-corrected chi connectivity index (χ3v) is 6.83. The lowest BCUT2D eigenvalue weighted by molar-refractivity contribution is -0.116. The first-order valence-corrected chi connectivity index (χ1v) is 12.2. The molecular formula is C27H25FO13. The summed E-state index contributed by atoms with van der Waals surface area (Å²) in [7, 11) is 0. The number of phenols is 5. The summed E-state index contributed by atoms with van der Waals surface area (Å²) >= 11 is 0. The van der Waals surface area contributed by atoms with Gasteiger partial charge in [0.2, 0.25) is 12.1 Å². The Morgan fingerprint density at radius 1 is 1.00 bits per heavy atom. The van der Waals surface area contributed by atoms with Crippen LogP contribution in [-0.2, 0) is 15.9 Å².